The maximum atomic E-state index is 3.57. The van der Waals surface area contributed by atoms with E-state index in [0.29, 0.717) is 5.92 Å². The lowest BCUT2D eigenvalue weighted by atomic mass is 10.0. The van der Waals surface area contributed by atoms with Crippen molar-refractivity contribution in [2.75, 3.05) is 0 Å². The van der Waals surface area contributed by atoms with Crippen molar-refractivity contribution in [3.8, 4) is 11.3 Å². The van der Waals surface area contributed by atoms with Gasteiger partial charge in [0.2, 0.25) is 0 Å². The van der Waals surface area contributed by atoms with Crippen molar-refractivity contribution in [2.24, 2.45) is 0 Å². The predicted octanol–water partition coefficient (Wildman–Crippen LogP) is 5.58. The molecule has 3 aromatic rings. The second kappa shape index (κ2) is 4.82. The molecule has 2 aromatic carbocycles. The molecule has 3 rings (SSSR count). The fraction of sp³-hybridized carbons (Fsp3) is 0.263. The molecule has 0 fully saturated rings. The molecule has 0 radical (unpaired) electrons. The first-order chi connectivity index (χ1) is 9.56. The summed E-state index contributed by atoms with van der Waals surface area (Å²) in [6.45, 7) is 8.79. The van der Waals surface area contributed by atoms with Crippen LogP contribution in [0.2, 0.25) is 0 Å². The number of nitrogens with one attached hydrogen (secondary N) is 1. The summed E-state index contributed by atoms with van der Waals surface area (Å²) in [5.41, 5.74) is 7.77. The van der Waals surface area contributed by atoms with Crippen LogP contribution >= 0.6 is 0 Å². The number of benzene rings is 2. The number of hydrogen-bond acceptors (Lipinski definition) is 0. The van der Waals surface area contributed by atoms with Crippen LogP contribution in [0.25, 0.3) is 22.2 Å². The van der Waals surface area contributed by atoms with E-state index in [1.165, 1.54) is 38.9 Å². The van der Waals surface area contributed by atoms with E-state index in [0.717, 1.165) is 0 Å². The first-order valence-corrected chi connectivity index (χ1v) is 7.25. The molecule has 0 saturated heterocycles. The molecule has 1 heterocycles. The molecule has 0 aliphatic carbocycles. The molecule has 0 saturated carbocycles. The Balaban J connectivity index is 2.08. The van der Waals surface area contributed by atoms with Crippen LogP contribution in [-0.4, -0.2) is 4.98 Å². The van der Waals surface area contributed by atoms with Gasteiger partial charge in [-0.05, 0) is 48.1 Å². The SMILES string of the molecule is Cc1ccc2cc(-c3ccc(C(C)C)cc3)[nH]c2c1C. The van der Waals surface area contributed by atoms with E-state index in [-0.39, 0.29) is 0 Å². The van der Waals surface area contributed by atoms with Crippen molar-refractivity contribution < 1.29 is 0 Å². The normalized spacial score (nSPS) is 11.4. The fourth-order valence-electron chi connectivity index (χ4n) is 2.65. The minimum atomic E-state index is 0.580. The summed E-state index contributed by atoms with van der Waals surface area (Å²) in [7, 11) is 0. The van der Waals surface area contributed by atoms with E-state index in [4.69, 9.17) is 0 Å². The Labute approximate surface area is 120 Å². The monoisotopic (exact) mass is 263 g/mol. The molecule has 1 N–H and O–H groups in total. The average molecular weight is 263 g/mol. The average Bonchev–Trinajstić information content (AvgIpc) is 2.88. The maximum absolute atomic E-state index is 3.57. The molecule has 0 spiro atoms. The molecule has 0 unspecified atom stereocenters. The number of hydrogen-bond donors (Lipinski definition) is 1. The molecule has 0 amide bonds. The van der Waals surface area contributed by atoms with E-state index >= 15 is 0 Å². The second-order valence-electron chi connectivity index (χ2n) is 5.93. The van der Waals surface area contributed by atoms with Gasteiger partial charge in [-0.25, -0.2) is 0 Å². The Hall–Kier alpha value is -2.02. The van der Waals surface area contributed by atoms with Crippen LogP contribution in [0.1, 0.15) is 36.5 Å². The van der Waals surface area contributed by atoms with Crippen LogP contribution in [-0.2, 0) is 0 Å². The van der Waals surface area contributed by atoms with Crippen LogP contribution in [0.3, 0.4) is 0 Å². The Morgan fingerprint density at radius 3 is 2.25 bits per heavy atom. The summed E-state index contributed by atoms with van der Waals surface area (Å²) in [5, 5.41) is 1.29. The van der Waals surface area contributed by atoms with Crippen molar-refractivity contribution in [1.29, 1.82) is 0 Å². The lowest BCUT2D eigenvalue weighted by molar-refractivity contribution is 0.867. The minimum Gasteiger partial charge on any atom is -0.354 e. The highest BCUT2D eigenvalue weighted by atomic mass is 14.7. The zero-order valence-electron chi connectivity index (χ0n) is 12.6. The van der Waals surface area contributed by atoms with Crippen LogP contribution in [0.15, 0.2) is 42.5 Å². The van der Waals surface area contributed by atoms with Crippen LogP contribution < -0.4 is 0 Å². The van der Waals surface area contributed by atoms with Gasteiger partial charge in [-0.1, -0.05) is 50.2 Å². The molecule has 0 atom stereocenters. The van der Waals surface area contributed by atoms with Crippen molar-refractivity contribution in [2.45, 2.75) is 33.6 Å². The Kier molecular flexibility index (Phi) is 3.13. The van der Waals surface area contributed by atoms with E-state index in [1.807, 2.05) is 0 Å². The maximum Gasteiger partial charge on any atom is 0.0491 e. The van der Waals surface area contributed by atoms with Crippen molar-refractivity contribution in [3.05, 3.63) is 59.2 Å². The second-order valence-corrected chi connectivity index (χ2v) is 5.93. The molecule has 102 valence electrons. The van der Waals surface area contributed by atoms with Gasteiger partial charge >= 0.3 is 0 Å². The fourth-order valence-corrected chi connectivity index (χ4v) is 2.65. The number of aryl methyl sites for hydroxylation is 2. The highest BCUT2D eigenvalue weighted by molar-refractivity contribution is 5.88. The first kappa shape index (κ1) is 13.0. The van der Waals surface area contributed by atoms with Gasteiger partial charge in [0.05, 0.1) is 0 Å². The van der Waals surface area contributed by atoms with Gasteiger partial charge in [0.15, 0.2) is 0 Å². The number of fused-ring (bicyclic) bond motifs is 1. The first-order valence-electron chi connectivity index (χ1n) is 7.25. The number of aromatic amines is 1. The number of H-pyrrole nitrogens is 1. The summed E-state index contributed by atoms with van der Waals surface area (Å²) in [5.74, 6) is 0.580. The summed E-state index contributed by atoms with van der Waals surface area (Å²) >= 11 is 0. The number of aromatic nitrogens is 1. The molecule has 0 aliphatic heterocycles. The number of rotatable bonds is 2. The highest BCUT2D eigenvalue weighted by Gasteiger charge is 2.07. The Morgan fingerprint density at radius 2 is 1.60 bits per heavy atom. The van der Waals surface area contributed by atoms with Gasteiger partial charge in [-0.2, -0.15) is 0 Å². The third-order valence-corrected chi connectivity index (χ3v) is 4.22. The van der Waals surface area contributed by atoms with Crippen molar-refractivity contribution in [3.63, 3.8) is 0 Å². The molecule has 1 heteroatoms. The smallest absolute Gasteiger partial charge is 0.0491 e. The van der Waals surface area contributed by atoms with Gasteiger partial charge in [-0.3, -0.25) is 0 Å². The lowest BCUT2D eigenvalue weighted by Crippen LogP contribution is -1.86. The largest absolute Gasteiger partial charge is 0.354 e. The Bertz CT molecular complexity index is 745. The molecular weight excluding hydrogens is 242 g/mol. The summed E-state index contributed by atoms with van der Waals surface area (Å²) in [6, 6.07) is 15.5. The standard InChI is InChI=1S/C19H21N/c1-12(2)15-7-9-16(10-8-15)18-11-17-6-5-13(3)14(4)19(17)20-18/h5-12,20H,1-4H3. The minimum absolute atomic E-state index is 0.580. The lowest BCUT2D eigenvalue weighted by Gasteiger charge is -2.05. The molecule has 1 aromatic heterocycles. The zero-order chi connectivity index (χ0) is 14.3. The molecular formula is C19H21N. The summed E-state index contributed by atoms with van der Waals surface area (Å²) in [4.78, 5) is 3.57. The van der Waals surface area contributed by atoms with E-state index in [1.54, 1.807) is 0 Å². The van der Waals surface area contributed by atoms with Gasteiger partial charge < -0.3 is 4.98 Å². The zero-order valence-corrected chi connectivity index (χ0v) is 12.6. The summed E-state index contributed by atoms with van der Waals surface area (Å²) in [6.07, 6.45) is 0. The van der Waals surface area contributed by atoms with Gasteiger partial charge in [-0.15, -0.1) is 0 Å². The van der Waals surface area contributed by atoms with Crippen LogP contribution in [0, 0.1) is 13.8 Å². The van der Waals surface area contributed by atoms with Crippen molar-refractivity contribution >= 4 is 10.9 Å². The quantitative estimate of drug-likeness (QED) is 0.621. The third kappa shape index (κ3) is 2.14. The predicted molar refractivity (Wildman–Crippen MR) is 87.3 cm³/mol. The van der Waals surface area contributed by atoms with E-state index < -0.39 is 0 Å². The molecule has 0 bridgehead atoms. The van der Waals surface area contributed by atoms with Gasteiger partial charge in [0, 0.05) is 16.6 Å². The van der Waals surface area contributed by atoms with Crippen LogP contribution in [0.5, 0.6) is 0 Å². The molecule has 1 nitrogen and oxygen atoms in total. The van der Waals surface area contributed by atoms with Crippen molar-refractivity contribution in [1.82, 2.24) is 4.98 Å². The summed E-state index contributed by atoms with van der Waals surface area (Å²) < 4.78 is 0. The van der Waals surface area contributed by atoms with Gasteiger partial charge in [0.1, 0.15) is 0 Å². The topological polar surface area (TPSA) is 15.8 Å². The highest BCUT2D eigenvalue weighted by Crippen LogP contribution is 2.28. The van der Waals surface area contributed by atoms with Crippen LogP contribution in [0.4, 0.5) is 0 Å². The molecule has 20 heavy (non-hydrogen) atoms. The van der Waals surface area contributed by atoms with Gasteiger partial charge in [0.25, 0.3) is 0 Å². The molecule has 0 aliphatic rings. The third-order valence-electron chi connectivity index (χ3n) is 4.22. The Morgan fingerprint density at radius 1 is 0.900 bits per heavy atom. The van der Waals surface area contributed by atoms with E-state index in [2.05, 4.69) is 75.1 Å². The van der Waals surface area contributed by atoms with E-state index in [9.17, 15) is 0 Å².